The summed E-state index contributed by atoms with van der Waals surface area (Å²) in [7, 11) is 0. The van der Waals surface area contributed by atoms with E-state index in [1.807, 2.05) is 6.92 Å². The Labute approximate surface area is 65.8 Å². The molecule has 0 aromatic carbocycles. The van der Waals surface area contributed by atoms with Crippen LogP contribution >= 0.6 is 0 Å². The number of carbonyl (C=O) groups is 1. The van der Waals surface area contributed by atoms with Crippen LogP contribution in [-0.2, 0) is 4.79 Å². The highest BCUT2D eigenvalue weighted by atomic mass is 16.4. The summed E-state index contributed by atoms with van der Waals surface area (Å²) < 4.78 is 0. The van der Waals surface area contributed by atoms with E-state index in [-0.39, 0.29) is 5.70 Å². The van der Waals surface area contributed by atoms with E-state index < -0.39 is 5.97 Å². The minimum absolute atomic E-state index is 0.0584. The first kappa shape index (κ1) is 9.62. The maximum Gasteiger partial charge on any atom is 0.354 e. The largest absolute Gasteiger partial charge is 0.477 e. The normalized spacial score (nSPS) is 13.1. The van der Waals surface area contributed by atoms with Gasteiger partial charge in [-0.05, 0) is 19.9 Å². The fraction of sp³-hybridized carbons (Fsp3) is 0.250. The monoisotopic (exact) mass is 153 g/mol. The molecule has 0 spiro atoms. The van der Waals surface area contributed by atoms with Gasteiger partial charge in [0.2, 0.25) is 0 Å². The molecule has 0 aliphatic carbocycles. The summed E-state index contributed by atoms with van der Waals surface area (Å²) in [4.78, 5) is 14.0. The minimum atomic E-state index is -1.01. The van der Waals surface area contributed by atoms with Crippen molar-refractivity contribution in [2.75, 3.05) is 0 Å². The molecular formula is C8H11NO2. The fourth-order valence-corrected chi connectivity index (χ4v) is 0.463. The first-order chi connectivity index (χ1) is 5.22. The summed E-state index contributed by atoms with van der Waals surface area (Å²) in [6.45, 7) is 3.47. The Hall–Kier alpha value is -1.38. The number of hydrogen-bond donors (Lipinski definition) is 1. The van der Waals surface area contributed by atoms with Crippen molar-refractivity contribution in [3.8, 4) is 0 Å². The molecule has 0 aromatic heterocycles. The number of rotatable bonds is 3. The predicted molar refractivity (Wildman–Crippen MR) is 44.7 cm³/mol. The lowest BCUT2D eigenvalue weighted by Gasteiger charge is -1.88. The van der Waals surface area contributed by atoms with Crippen molar-refractivity contribution in [3.63, 3.8) is 0 Å². The van der Waals surface area contributed by atoms with Crippen molar-refractivity contribution in [3.05, 3.63) is 23.9 Å². The van der Waals surface area contributed by atoms with Gasteiger partial charge in [-0.25, -0.2) is 9.79 Å². The van der Waals surface area contributed by atoms with Crippen LogP contribution in [0.3, 0.4) is 0 Å². The summed E-state index contributed by atoms with van der Waals surface area (Å²) in [5, 5.41) is 8.47. The average molecular weight is 153 g/mol. The zero-order valence-corrected chi connectivity index (χ0v) is 6.61. The van der Waals surface area contributed by atoms with Crippen LogP contribution in [0.25, 0.3) is 0 Å². The average Bonchev–Trinajstić information content (AvgIpc) is 1.97. The van der Waals surface area contributed by atoms with Crippen LogP contribution in [0.1, 0.15) is 13.8 Å². The number of allylic oxidation sites excluding steroid dienone is 3. The number of aliphatic imine (C=N–C) groups is 1. The van der Waals surface area contributed by atoms with Gasteiger partial charge >= 0.3 is 5.97 Å². The van der Waals surface area contributed by atoms with Gasteiger partial charge in [0.05, 0.1) is 0 Å². The fourth-order valence-electron chi connectivity index (χ4n) is 0.463. The summed E-state index contributed by atoms with van der Waals surface area (Å²) in [5.74, 6) is -1.01. The molecule has 0 bridgehead atoms. The lowest BCUT2D eigenvalue weighted by atomic mass is 10.4. The Bertz CT molecular complexity index is 214. The second-order valence-corrected chi connectivity index (χ2v) is 1.78. The zero-order chi connectivity index (χ0) is 8.69. The molecule has 0 heterocycles. The van der Waals surface area contributed by atoms with Gasteiger partial charge in [0.25, 0.3) is 0 Å². The Morgan fingerprint density at radius 2 is 2.09 bits per heavy atom. The predicted octanol–water partition coefficient (Wildman–Crippen LogP) is 1.62. The summed E-state index contributed by atoms with van der Waals surface area (Å²) in [6.07, 6.45) is 6.34. The van der Waals surface area contributed by atoms with Crippen LogP contribution in [0.15, 0.2) is 28.9 Å². The van der Waals surface area contributed by atoms with Crippen LogP contribution in [0.5, 0.6) is 0 Å². The Kier molecular flexibility index (Phi) is 4.73. The van der Waals surface area contributed by atoms with E-state index in [4.69, 9.17) is 5.11 Å². The molecule has 11 heavy (non-hydrogen) atoms. The van der Waals surface area contributed by atoms with Gasteiger partial charge in [-0.15, -0.1) is 0 Å². The minimum Gasteiger partial charge on any atom is -0.477 e. The number of carboxylic acid groups (broad SMARTS) is 1. The number of nitrogens with zero attached hydrogens (tertiary/aromatic N) is 1. The number of hydrogen-bond acceptors (Lipinski definition) is 2. The molecule has 3 heteroatoms. The van der Waals surface area contributed by atoms with Crippen LogP contribution in [0.2, 0.25) is 0 Å². The lowest BCUT2D eigenvalue weighted by Crippen LogP contribution is -1.96. The van der Waals surface area contributed by atoms with Gasteiger partial charge in [-0.2, -0.15) is 0 Å². The molecule has 0 atom stereocenters. The van der Waals surface area contributed by atoms with E-state index in [1.165, 1.54) is 12.3 Å². The second kappa shape index (κ2) is 5.41. The molecular weight excluding hydrogens is 142 g/mol. The standard InChI is InChI=1S/C8H11NO2/c1-3-5-6-9-7(4-2)8(10)11/h3-6H,1-2H3,(H,10,11)/b5-3-,7-4-,9-6-. The van der Waals surface area contributed by atoms with Crippen molar-refractivity contribution in [1.29, 1.82) is 0 Å². The van der Waals surface area contributed by atoms with E-state index in [9.17, 15) is 4.79 Å². The van der Waals surface area contributed by atoms with E-state index >= 15 is 0 Å². The summed E-state index contributed by atoms with van der Waals surface area (Å²) in [6, 6.07) is 0. The highest BCUT2D eigenvalue weighted by Crippen LogP contribution is 1.94. The molecule has 60 valence electrons. The van der Waals surface area contributed by atoms with Crippen molar-refractivity contribution in [2.24, 2.45) is 4.99 Å². The molecule has 0 radical (unpaired) electrons. The molecule has 0 rings (SSSR count). The molecule has 0 amide bonds. The zero-order valence-electron chi connectivity index (χ0n) is 6.61. The van der Waals surface area contributed by atoms with Crippen LogP contribution in [0.4, 0.5) is 0 Å². The Morgan fingerprint density at radius 3 is 2.45 bits per heavy atom. The Morgan fingerprint density at radius 1 is 1.45 bits per heavy atom. The third-order valence-electron chi connectivity index (χ3n) is 0.985. The second-order valence-electron chi connectivity index (χ2n) is 1.78. The highest BCUT2D eigenvalue weighted by molar-refractivity contribution is 5.89. The smallest absolute Gasteiger partial charge is 0.354 e. The maximum atomic E-state index is 10.3. The van der Waals surface area contributed by atoms with E-state index in [1.54, 1.807) is 19.1 Å². The topological polar surface area (TPSA) is 49.7 Å². The maximum absolute atomic E-state index is 10.3. The Balaban J connectivity index is 4.22. The molecule has 1 N–H and O–H groups in total. The molecule has 0 saturated carbocycles. The third-order valence-corrected chi connectivity index (χ3v) is 0.985. The summed E-state index contributed by atoms with van der Waals surface area (Å²) in [5.41, 5.74) is 0.0584. The van der Waals surface area contributed by atoms with E-state index in [2.05, 4.69) is 4.99 Å². The highest BCUT2D eigenvalue weighted by Gasteiger charge is 1.99. The molecule has 0 aliphatic rings. The third kappa shape index (κ3) is 4.08. The van der Waals surface area contributed by atoms with Crippen molar-refractivity contribution < 1.29 is 9.90 Å². The van der Waals surface area contributed by atoms with Gasteiger partial charge in [0, 0.05) is 6.21 Å². The number of carboxylic acids is 1. The van der Waals surface area contributed by atoms with Crippen molar-refractivity contribution in [1.82, 2.24) is 0 Å². The molecule has 0 fully saturated rings. The van der Waals surface area contributed by atoms with Gasteiger partial charge < -0.3 is 5.11 Å². The van der Waals surface area contributed by atoms with Crippen LogP contribution in [0, 0.1) is 0 Å². The molecule has 3 nitrogen and oxygen atoms in total. The van der Waals surface area contributed by atoms with Gasteiger partial charge in [-0.1, -0.05) is 12.2 Å². The lowest BCUT2D eigenvalue weighted by molar-refractivity contribution is -0.132. The molecule has 0 aromatic rings. The quantitative estimate of drug-likeness (QED) is 0.494. The van der Waals surface area contributed by atoms with Crippen LogP contribution in [-0.4, -0.2) is 17.3 Å². The molecule has 0 saturated heterocycles. The first-order valence-corrected chi connectivity index (χ1v) is 3.27. The van der Waals surface area contributed by atoms with Crippen LogP contribution < -0.4 is 0 Å². The molecule has 0 aliphatic heterocycles. The van der Waals surface area contributed by atoms with Gasteiger partial charge in [0.15, 0.2) is 0 Å². The van der Waals surface area contributed by atoms with E-state index in [0.29, 0.717) is 0 Å². The SMILES string of the molecule is C\C=C/C=N\C(=C/C)C(=O)O. The van der Waals surface area contributed by atoms with Gasteiger partial charge in [-0.3, -0.25) is 0 Å². The van der Waals surface area contributed by atoms with Gasteiger partial charge in [0.1, 0.15) is 5.70 Å². The summed E-state index contributed by atoms with van der Waals surface area (Å²) >= 11 is 0. The number of aliphatic carboxylic acids is 1. The van der Waals surface area contributed by atoms with Crippen molar-refractivity contribution >= 4 is 12.2 Å². The van der Waals surface area contributed by atoms with Crippen molar-refractivity contribution in [2.45, 2.75) is 13.8 Å². The first-order valence-electron chi connectivity index (χ1n) is 3.27. The molecule has 0 unspecified atom stereocenters. The van der Waals surface area contributed by atoms with E-state index in [0.717, 1.165) is 0 Å².